The number of aromatic nitrogens is 3. The minimum absolute atomic E-state index is 0.00173. The first-order chi connectivity index (χ1) is 17.9. The van der Waals surface area contributed by atoms with E-state index in [1.54, 1.807) is 31.6 Å². The number of aryl methyl sites for hydroxylation is 1. The summed E-state index contributed by atoms with van der Waals surface area (Å²) in [6, 6.07) is 16.1. The first-order valence-corrected chi connectivity index (χ1v) is 12.2. The molecular weight excluding hydrogens is 488 g/mol. The van der Waals surface area contributed by atoms with Crippen molar-refractivity contribution in [2.45, 2.75) is 32.5 Å². The maximum Gasteiger partial charge on any atom is 0.271 e. The zero-order valence-electron chi connectivity index (χ0n) is 20.7. The number of rotatable bonds is 7. The molecule has 1 aliphatic heterocycles. The number of benzene rings is 1. The third kappa shape index (κ3) is 4.51. The van der Waals surface area contributed by atoms with Gasteiger partial charge in [-0.2, -0.15) is 0 Å². The van der Waals surface area contributed by atoms with Crippen LogP contribution in [-0.2, 0) is 6.54 Å². The molecule has 1 saturated heterocycles. The van der Waals surface area contributed by atoms with Gasteiger partial charge in [-0.3, -0.25) is 20.1 Å². The molecule has 0 amide bonds. The number of non-ortho nitro benzene ring substituents is 1. The second kappa shape index (κ2) is 9.98. The van der Waals surface area contributed by atoms with Crippen LogP contribution in [0.5, 0.6) is 5.75 Å². The Morgan fingerprint density at radius 3 is 2.65 bits per heavy atom. The number of methoxy groups -OCH3 is 1. The Hall–Kier alpha value is -4.31. The van der Waals surface area contributed by atoms with Crippen molar-refractivity contribution in [3.63, 3.8) is 0 Å². The van der Waals surface area contributed by atoms with Crippen LogP contribution >= 0.6 is 12.2 Å². The smallest absolute Gasteiger partial charge is 0.271 e. The topological polar surface area (TPSA) is 98.3 Å². The molecule has 0 spiro atoms. The number of nitrogens with zero attached hydrogens (tertiary/aromatic N) is 5. The summed E-state index contributed by atoms with van der Waals surface area (Å²) in [6.07, 6.45) is 5.36. The third-order valence-corrected chi connectivity index (χ3v) is 7.03. The van der Waals surface area contributed by atoms with E-state index in [9.17, 15) is 10.1 Å². The van der Waals surface area contributed by atoms with Gasteiger partial charge in [0.2, 0.25) is 0 Å². The summed E-state index contributed by atoms with van der Waals surface area (Å²) < 4.78 is 7.58. The average molecular weight is 515 g/mol. The number of pyridine rings is 2. The number of nitro groups is 1. The third-order valence-electron chi connectivity index (χ3n) is 6.68. The van der Waals surface area contributed by atoms with E-state index in [0.29, 0.717) is 23.1 Å². The fourth-order valence-electron chi connectivity index (χ4n) is 5.03. The SMILES string of the molecule is COc1ccc([N+](=O)[O-])cc1-n1c(C)cc(C2C(c3ccccn3)NC(=S)N2Cc2cccnc2)c1C. The summed E-state index contributed by atoms with van der Waals surface area (Å²) in [7, 11) is 1.56. The van der Waals surface area contributed by atoms with Crippen molar-refractivity contribution >= 4 is 23.0 Å². The van der Waals surface area contributed by atoms with Gasteiger partial charge in [0.05, 0.1) is 35.5 Å². The lowest BCUT2D eigenvalue weighted by Gasteiger charge is -2.28. The molecule has 1 aromatic carbocycles. The largest absolute Gasteiger partial charge is 0.495 e. The van der Waals surface area contributed by atoms with Crippen LogP contribution in [0.1, 0.15) is 40.3 Å². The van der Waals surface area contributed by atoms with E-state index in [4.69, 9.17) is 17.0 Å². The van der Waals surface area contributed by atoms with Gasteiger partial charge in [0.1, 0.15) is 5.75 Å². The number of nitro benzene ring substituents is 1. The Morgan fingerprint density at radius 2 is 1.97 bits per heavy atom. The number of thiocarbonyl (C=S) groups is 1. The molecule has 1 aliphatic rings. The van der Waals surface area contributed by atoms with E-state index in [0.717, 1.165) is 28.2 Å². The summed E-state index contributed by atoms with van der Waals surface area (Å²) in [5.74, 6) is 0.549. The molecule has 2 unspecified atom stereocenters. The van der Waals surface area contributed by atoms with Gasteiger partial charge in [-0.05, 0) is 67.5 Å². The molecule has 37 heavy (non-hydrogen) atoms. The van der Waals surface area contributed by atoms with Gasteiger partial charge in [0.25, 0.3) is 5.69 Å². The van der Waals surface area contributed by atoms with Crippen molar-refractivity contribution in [2.75, 3.05) is 7.11 Å². The van der Waals surface area contributed by atoms with Gasteiger partial charge < -0.3 is 19.5 Å². The van der Waals surface area contributed by atoms with Gasteiger partial charge in [-0.1, -0.05) is 12.1 Å². The molecule has 0 radical (unpaired) electrons. The lowest BCUT2D eigenvalue weighted by Crippen LogP contribution is -2.29. The van der Waals surface area contributed by atoms with E-state index in [2.05, 4.69) is 26.3 Å². The van der Waals surface area contributed by atoms with Crippen molar-refractivity contribution in [3.8, 4) is 11.4 Å². The zero-order chi connectivity index (χ0) is 26.1. The maximum absolute atomic E-state index is 11.5. The van der Waals surface area contributed by atoms with Gasteiger partial charge in [-0.15, -0.1) is 0 Å². The van der Waals surface area contributed by atoms with E-state index in [1.807, 2.05) is 54.9 Å². The molecule has 188 valence electrons. The van der Waals surface area contributed by atoms with Crippen LogP contribution in [0, 0.1) is 24.0 Å². The van der Waals surface area contributed by atoms with Crippen molar-refractivity contribution in [1.82, 2.24) is 24.8 Å². The minimum Gasteiger partial charge on any atom is -0.495 e. The van der Waals surface area contributed by atoms with Crippen molar-refractivity contribution in [3.05, 3.63) is 112 Å². The molecule has 5 rings (SSSR count). The van der Waals surface area contributed by atoms with Crippen LogP contribution in [0.2, 0.25) is 0 Å². The lowest BCUT2D eigenvalue weighted by atomic mass is 9.96. The summed E-state index contributed by atoms with van der Waals surface area (Å²) >= 11 is 5.82. The molecule has 0 bridgehead atoms. The number of hydrogen-bond acceptors (Lipinski definition) is 6. The van der Waals surface area contributed by atoms with E-state index >= 15 is 0 Å². The van der Waals surface area contributed by atoms with Crippen molar-refractivity contribution in [1.29, 1.82) is 0 Å². The highest BCUT2D eigenvalue weighted by Gasteiger charge is 2.41. The van der Waals surface area contributed by atoms with Crippen LogP contribution in [0.15, 0.2) is 73.2 Å². The Balaban J connectivity index is 1.66. The maximum atomic E-state index is 11.5. The normalized spacial score (nSPS) is 17.1. The monoisotopic (exact) mass is 514 g/mol. The van der Waals surface area contributed by atoms with Crippen LogP contribution in [0.25, 0.3) is 5.69 Å². The van der Waals surface area contributed by atoms with Crippen molar-refractivity contribution < 1.29 is 9.66 Å². The summed E-state index contributed by atoms with van der Waals surface area (Å²) in [6.45, 7) is 4.56. The summed E-state index contributed by atoms with van der Waals surface area (Å²) in [4.78, 5) is 22.2. The highest BCUT2D eigenvalue weighted by atomic mass is 32.1. The predicted molar refractivity (Wildman–Crippen MR) is 144 cm³/mol. The fourth-order valence-corrected chi connectivity index (χ4v) is 5.33. The Labute approximate surface area is 219 Å². The average Bonchev–Trinajstić information content (AvgIpc) is 3.39. The molecule has 4 aromatic rings. The van der Waals surface area contributed by atoms with Crippen LogP contribution in [0.3, 0.4) is 0 Å². The summed E-state index contributed by atoms with van der Waals surface area (Å²) in [5, 5.41) is 15.6. The van der Waals surface area contributed by atoms with E-state index in [-0.39, 0.29) is 17.8 Å². The van der Waals surface area contributed by atoms with Gasteiger partial charge in [-0.25, -0.2) is 0 Å². The van der Waals surface area contributed by atoms with Crippen LogP contribution in [-0.4, -0.2) is 36.6 Å². The Bertz CT molecular complexity index is 1460. The summed E-state index contributed by atoms with van der Waals surface area (Å²) in [5.41, 5.74) is 5.42. The zero-order valence-corrected chi connectivity index (χ0v) is 21.5. The molecule has 2 atom stereocenters. The standard InChI is InChI=1S/C27H26N6O3S/c1-17-13-21(18(2)32(17)23-14-20(33(34)35)9-10-24(23)36-3)26-25(22-8-4-5-12-29-22)30-27(37)31(26)16-19-7-6-11-28-15-19/h4-15,25-26H,16H2,1-3H3,(H,30,37). The molecule has 0 saturated carbocycles. The van der Waals surface area contributed by atoms with Gasteiger partial charge in [0.15, 0.2) is 5.11 Å². The highest BCUT2D eigenvalue weighted by Crippen LogP contribution is 2.43. The van der Waals surface area contributed by atoms with Gasteiger partial charge >= 0.3 is 0 Å². The molecular formula is C27H26N6O3S. The molecule has 0 aliphatic carbocycles. The predicted octanol–water partition coefficient (Wildman–Crippen LogP) is 4.97. The lowest BCUT2D eigenvalue weighted by molar-refractivity contribution is -0.384. The number of ether oxygens (including phenoxy) is 1. The quantitative estimate of drug-likeness (QED) is 0.210. The second-order valence-corrected chi connectivity index (χ2v) is 9.28. The highest BCUT2D eigenvalue weighted by molar-refractivity contribution is 7.80. The molecule has 4 heterocycles. The van der Waals surface area contributed by atoms with E-state index < -0.39 is 4.92 Å². The Morgan fingerprint density at radius 1 is 1.14 bits per heavy atom. The Kier molecular flexibility index (Phi) is 6.58. The first-order valence-electron chi connectivity index (χ1n) is 11.8. The van der Waals surface area contributed by atoms with Crippen LogP contribution in [0.4, 0.5) is 5.69 Å². The fraction of sp³-hybridized carbons (Fsp3) is 0.222. The molecule has 10 heteroatoms. The van der Waals surface area contributed by atoms with Gasteiger partial charge in [0, 0.05) is 48.7 Å². The molecule has 1 N–H and O–H groups in total. The van der Waals surface area contributed by atoms with E-state index in [1.165, 1.54) is 6.07 Å². The first kappa shape index (κ1) is 24.4. The molecule has 1 fully saturated rings. The number of nitrogens with one attached hydrogen (secondary N) is 1. The number of hydrogen-bond donors (Lipinski definition) is 1. The molecule has 9 nitrogen and oxygen atoms in total. The second-order valence-electron chi connectivity index (χ2n) is 8.89. The van der Waals surface area contributed by atoms with Crippen molar-refractivity contribution in [2.24, 2.45) is 0 Å². The minimum atomic E-state index is -0.399. The van der Waals surface area contributed by atoms with Crippen LogP contribution < -0.4 is 10.1 Å². The molecule has 3 aromatic heterocycles.